The van der Waals surface area contributed by atoms with E-state index in [2.05, 4.69) is 10.3 Å². The van der Waals surface area contributed by atoms with Gasteiger partial charge in [0.15, 0.2) is 0 Å². The summed E-state index contributed by atoms with van der Waals surface area (Å²) < 4.78 is 12.9. The molecule has 0 aliphatic heterocycles. The van der Waals surface area contributed by atoms with Gasteiger partial charge in [0.25, 0.3) is 0 Å². The highest BCUT2D eigenvalue weighted by Crippen LogP contribution is 2.25. The van der Waals surface area contributed by atoms with Gasteiger partial charge < -0.3 is 5.32 Å². The van der Waals surface area contributed by atoms with Crippen molar-refractivity contribution in [3.8, 4) is 0 Å². The van der Waals surface area contributed by atoms with Gasteiger partial charge in [-0.2, -0.15) is 0 Å². The normalized spacial score (nSPS) is 10.3. The molecule has 0 spiro atoms. The van der Waals surface area contributed by atoms with E-state index >= 15 is 0 Å². The predicted molar refractivity (Wildman–Crippen MR) is 68.0 cm³/mol. The Balaban J connectivity index is 2.07. The van der Waals surface area contributed by atoms with Crippen molar-refractivity contribution in [3.05, 3.63) is 58.1 Å². The number of pyridine rings is 1. The summed E-state index contributed by atoms with van der Waals surface area (Å²) in [4.78, 5) is 3.76. The van der Waals surface area contributed by atoms with Crippen molar-refractivity contribution in [1.29, 1.82) is 0 Å². The largest absolute Gasteiger partial charge is 0.380 e. The first-order chi connectivity index (χ1) is 8.15. The number of halogens is 3. The van der Waals surface area contributed by atoms with Crippen LogP contribution < -0.4 is 5.32 Å². The lowest BCUT2D eigenvalue weighted by atomic mass is 10.2. The first kappa shape index (κ1) is 12.1. The second-order valence-electron chi connectivity index (χ2n) is 3.49. The van der Waals surface area contributed by atoms with Gasteiger partial charge in [-0.05, 0) is 29.8 Å². The van der Waals surface area contributed by atoms with Crippen molar-refractivity contribution in [3.63, 3.8) is 0 Å². The van der Waals surface area contributed by atoms with Gasteiger partial charge >= 0.3 is 0 Å². The highest BCUT2D eigenvalue weighted by molar-refractivity contribution is 6.36. The van der Waals surface area contributed by atoms with Gasteiger partial charge in [-0.15, -0.1) is 0 Å². The molecule has 0 unspecified atom stereocenters. The van der Waals surface area contributed by atoms with E-state index in [1.807, 2.05) is 0 Å². The molecule has 5 heteroatoms. The van der Waals surface area contributed by atoms with Gasteiger partial charge in [0.1, 0.15) is 5.82 Å². The molecule has 0 saturated carbocycles. The van der Waals surface area contributed by atoms with Crippen molar-refractivity contribution in [1.82, 2.24) is 4.98 Å². The molecule has 2 aromatic rings. The molecule has 88 valence electrons. The van der Waals surface area contributed by atoms with Crippen molar-refractivity contribution in [2.75, 3.05) is 5.32 Å². The van der Waals surface area contributed by atoms with Gasteiger partial charge in [-0.3, -0.25) is 4.98 Å². The highest BCUT2D eigenvalue weighted by Gasteiger charge is 2.01. The molecule has 0 atom stereocenters. The molecular formula is C12H9Cl2FN2. The predicted octanol–water partition coefficient (Wildman–Crippen LogP) is 4.14. The van der Waals surface area contributed by atoms with Gasteiger partial charge in [-0.1, -0.05) is 23.2 Å². The van der Waals surface area contributed by atoms with E-state index in [4.69, 9.17) is 23.2 Å². The Morgan fingerprint density at radius 2 is 2.00 bits per heavy atom. The molecule has 0 radical (unpaired) electrons. The number of hydrogen-bond donors (Lipinski definition) is 1. The molecule has 0 bridgehead atoms. The molecule has 1 N–H and O–H groups in total. The number of aromatic nitrogens is 1. The van der Waals surface area contributed by atoms with Crippen LogP contribution in [0.3, 0.4) is 0 Å². The number of nitrogens with zero attached hydrogens (tertiary/aromatic N) is 1. The van der Waals surface area contributed by atoms with Gasteiger partial charge in [-0.25, -0.2) is 4.39 Å². The van der Waals surface area contributed by atoms with Crippen LogP contribution in [-0.4, -0.2) is 4.98 Å². The molecule has 1 aromatic carbocycles. The van der Waals surface area contributed by atoms with Gasteiger partial charge in [0, 0.05) is 17.8 Å². The van der Waals surface area contributed by atoms with Crippen molar-refractivity contribution >= 4 is 28.9 Å². The first-order valence-electron chi connectivity index (χ1n) is 4.93. The molecule has 0 fully saturated rings. The van der Waals surface area contributed by atoms with Gasteiger partial charge in [0.05, 0.1) is 16.9 Å². The maximum absolute atomic E-state index is 12.9. The quantitative estimate of drug-likeness (QED) is 0.907. The number of hydrogen-bond acceptors (Lipinski definition) is 2. The zero-order chi connectivity index (χ0) is 12.3. The zero-order valence-corrected chi connectivity index (χ0v) is 10.3. The summed E-state index contributed by atoms with van der Waals surface area (Å²) >= 11 is 11.8. The summed E-state index contributed by atoms with van der Waals surface area (Å²) in [6.45, 7) is 0.451. The molecular weight excluding hydrogens is 262 g/mol. The maximum Gasteiger partial charge on any atom is 0.141 e. The Hall–Kier alpha value is -1.32. The Kier molecular flexibility index (Phi) is 3.82. The van der Waals surface area contributed by atoms with Gasteiger partial charge in [0.2, 0.25) is 0 Å². The fourth-order valence-corrected chi connectivity index (χ4v) is 1.86. The van der Waals surface area contributed by atoms with Crippen molar-refractivity contribution < 1.29 is 4.39 Å². The number of rotatable bonds is 3. The van der Waals surface area contributed by atoms with Crippen LogP contribution in [0, 0.1) is 5.82 Å². The van der Waals surface area contributed by atoms with Crippen LogP contribution in [-0.2, 0) is 6.54 Å². The molecule has 2 rings (SSSR count). The third kappa shape index (κ3) is 3.32. The van der Waals surface area contributed by atoms with E-state index in [0.717, 1.165) is 11.3 Å². The SMILES string of the molecule is Fc1cncc(CNc2ccc(Cl)cc2Cl)c1. The zero-order valence-electron chi connectivity index (χ0n) is 8.75. The molecule has 0 aliphatic rings. The topological polar surface area (TPSA) is 24.9 Å². The van der Waals surface area contributed by atoms with Crippen LogP contribution >= 0.6 is 23.2 Å². The van der Waals surface area contributed by atoms with E-state index in [0.29, 0.717) is 16.6 Å². The van der Waals surface area contributed by atoms with E-state index in [1.165, 1.54) is 12.3 Å². The van der Waals surface area contributed by atoms with Crippen molar-refractivity contribution in [2.24, 2.45) is 0 Å². The average Bonchev–Trinajstić information content (AvgIpc) is 2.28. The monoisotopic (exact) mass is 270 g/mol. The highest BCUT2D eigenvalue weighted by atomic mass is 35.5. The molecule has 1 heterocycles. The second kappa shape index (κ2) is 5.34. The van der Waals surface area contributed by atoms with E-state index in [1.54, 1.807) is 24.4 Å². The van der Waals surface area contributed by atoms with Crippen LogP contribution in [0.15, 0.2) is 36.7 Å². The number of benzene rings is 1. The standard InChI is InChI=1S/C12H9Cl2FN2/c13-9-1-2-12(11(14)4-9)17-6-8-3-10(15)7-16-5-8/h1-5,7,17H,6H2. The molecule has 0 saturated heterocycles. The molecule has 0 aliphatic carbocycles. The fourth-order valence-electron chi connectivity index (χ4n) is 1.38. The average molecular weight is 271 g/mol. The Labute approximate surface area is 108 Å². The van der Waals surface area contributed by atoms with Crippen LogP contribution in [0.25, 0.3) is 0 Å². The smallest absolute Gasteiger partial charge is 0.141 e. The number of nitrogens with one attached hydrogen (secondary N) is 1. The number of anilines is 1. The minimum absolute atomic E-state index is 0.355. The summed E-state index contributed by atoms with van der Waals surface area (Å²) in [7, 11) is 0. The minimum Gasteiger partial charge on any atom is -0.380 e. The first-order valence-corrected chi connectivity index (χ1v) is 5.69. The Bertz CT molecular complexity index is 532. The van der Waals surface area contributed by atoms with Crippen molar-refractivity contribution in [2.45, 2.75) is 6.54 Å². The van der Waals surface area contributed by atoms with E-state index < -0.39 is 0 Å². The minimum atomic E-state index is -0.355. The molecule has 2 nitrogen and oxygen atoms in total. The summed E-state index contributed by atoms with van der Waals surface area (Å²) in [5.41, 5.74) is 1.50. The second-order valence-corrected chi connectivity index (χ2v) is 4.33. The summed E-state index contributed by atoms with van der Waals surface area (Å²) in [5, 5.41) is 4.19. The lowest BCUT2D eigenvalue weighted by Crippen LogP contribution is -2.00. The Morgan fingerprint density at radius 3 is 2.71 bits per heavy atom. The summed E-state index contributed by atoms with van der Waals surface area (Å²) in [5.74, 6) is -0.355. The lowest BCUT2D eigenvalue weighted by molar-refractivity contribution is 0.619. The summed E-state index contributed by atoms with van der Waals surface area (Å²) in [6.07, 6.45) is 2.76. The van der Waals surface area contributed by atoms with Crippen LogP contribution in [0.4, 0.5) is 10.1 Å². The fraction of sp³-hybridized carbons (Fsp3) is 0.0833. The molecule has 17 heavy (non-hydrogen) atoms. The molecule has 1 aromatic heterocycles. The molecule has 0 amide bonds. The maximum atomic E-state index is 12.9. The summed E-state index contributed by atoms with van der Waals surface area (Å²) in [6, 6.07) is 6.58. The van der Waals surface area contributed by atoms with Crippen LogP contribution in [0.5, 0.6) is 0 Å². The van der Waals surface area contributed by atoms with Crippen LogP contribution in [0.1, 0.15) is 5.56 Å². The van der Waals surface area contributed by atoms with E-state index in [-0.39, 0.29) is 5.82 Å². The Morgan fingerprint density at radius 1 is 1.18 bits per heavy atom. The third-order valence-electron chi connectivity index (χ3n) is 2.18. The van der Waals surface area contributed by atoms with Crippen LogP contribution in [0.2, 0.25) is 10.0 Å². The third-order valence-corrected chi connectivity index (χ3v) is 2.72. The lowest BCUT2D eigenvalue weighted by Gasteiger charge is -2.08. The van der Waals surface area contributed by atoms with E-state index in [9.17, 15) is 4.39 Å².